The molecule has 0 atom stereocenters. The molecule has 1 aliphatic heterocycles. The second kappa shape index (κ2) is 9.08. The van der Waals surface area contributed by atoms with Gasteiger partial charge in [-0.3, -0.25) is 9.59 Å². The quantitative estimate of drug-likeness (QED) is 0.221. The third-order valence-electron chi connectivity index (χ3n) is 5.73. The summed E-state index contributed by atoms with van der Waals surface area (Å²) in [4.78, 5) is 39.5. The summed E-state index contributed by atoms with van der Waals surface area (Å²) < 4.78 is 5.61. The van der Waals surface area contributed by atoms with Gasteiger partial charge < -0.3 is 10.1 Å². The summed E-state index contributed by atoms with van der Waals surface area (Å²) in [6, 6.07) is 26.6. The van der Waals surface area contributed by atoms with Crippen molar-refractivity contribution in [3.63, 3.8) is 0 Å². The first kappa shape index (κ1) is 22.4. The molecule has 0 spiro atoms. The topological polar surface area (TPSA) is 75.7 Å². The van der Waals surface area contributed by atoms with Crippen LogP contribution in [-0.2, 0) is 9.59 Å². The van der Waals surface area contributed by atoms with Gasteiger partial charge in [-0.1, -0.05) is 66.2 Å². The Labute approximate surface area is 206 Å². The van der Waals surface area contributed by atoms with E-state index in [1.165, 1.54) is 0 Å². The first-order valence-electron chi connectivity index (χ1n) is 10.9. The molecule has 0 bridgehead atoms. The molecule has 5 rings (SSSR count). The van der Waals surface area contributed by atoms with Crippen LogP contribution in [0.5, 0.6) is 5.75 Å². The van der Waals surface area contributed by atoms with Crippen LogP contribution in [0.2, 0.25) is 0 Å². The molecular weight excluding hydrogens is 464 g/mol. The summed E-state index contributed by atoms with van der Waals surface area (Å²) in [7, 11) is 0. The highest BCUT2D eigenvalue weighted by molar-refractivity contribution is 6.53. The molecule has 0 unspecified atom stereocenters. The van der Waals surface area contributed by atoms with Gasteiger partial charge in [0.05, 0.1) is 11.3 Å². The fraction of sp³-hybridized carbons (Fsp3) is 0.0357. The van der Waals surface area contributed by atoms with Gasteiger partial charge >= 0.3 is 5.97 Å². The molecule has 4 aromatic rings. The summed E-state index contributed by atoms with van der Waals surface area (Å²) in [5, 5.41) is 4.53. The Balaban J connectivity index is 1.33. The number of fused-ring (bicyclic) bond motifs is 1. The lowest BCUT2D eigenvalue weighted by atomic mass is 10.1. The molecule has 7 heteroatoms. The van der Waals surface area contributed by atoms with E-state index in [2.05, 4.69) is 5.32 Å². The van der Waals surface area contributed by atoms with Gasteiger partial charge in [-0.05, 0) is 54.3 Å². The molecule has 0 aromatic heterocycles. The van der Waals surface area contributed by atoms with Crippen LogP contribution >= 0.6 is 11.6 Å². The van der Waals surface area contributed by atoms with Crippen LogP contribution in [0.1, 0.15) is 15.9 Å². The number of hydrogen-bond acceptors (Lipinski definition) is 5. The number of amides is 2. The zero-order valence-corrected chi connectivity index (χ0v) is 19.4. The van der Waals surface area contributed by atoms with E-state index in [0.717, 1.165) is 21.2 Å². The van der Waals surface area contributed by atoms with Gasteiger partial charge in [0.15, 0.2) is 0 Å². The van der Waals surface area contributed by atoms with Gasteiger partial charge in [0.1, 0.15) is 16.5 Å². The van der Waals surface area contributed by atoms with E-state index >= 15 is 0 Å². The van der Waals surface area contributed by atoms with Gasteiger partial charge in [0.2, 0.25) is 0 Å². The van der Waals surface area contributed by atoms with Gasteiger partial charge in [-0.2, -0.15) is 0 Å². The predicted octanol–water partition coefficient (Wildman–Crippen LogP) is 5.80. The lowest BCUT2D eigenvalue weighted by Crippen LogP contribution is -2.32. The minimum atomic E-state index is -0.594. The molecule has 172 valence electrons. The Morgan fingerprint density at radius 3 is 2.29 bits per heavy atom. The number of carbonyl (C=O) groups is 3. The molecule has 0 saturated carbocycles. The van der Waals surface area contributed by atoms with Gasteiger partial charge in [0.25, 0.3) is 11.8 Å². The van der Waals surface area contributed by atoms with Gasteiger partial charge in [-0.25, -0.2) is 9.69 Å². The van der Waals surface area contributed by atoms with Crippen LogP contribution in [-0.4, -0.2) is 17.8 Å². The number of ether oxygens (including phenoxy) is 1. The zero-order chi connectivity index (χ0) is 24.5. The Hall–Kier alpha value is -4.42. The lowest BCUT2D eigenvalue weighted by Gasteiger charge is -2.17. The van der Waals surface area contributed by atoms with Crippen LogP contribution in [0.15, 0.2) is 102 Å². The Bertz CT molecular complexity index is 1520. The van der Waals surface area contributed by atoms with Crippen molar-refractivity contribution in [1.29, 1.82) is 0 Å². The second-order valence-electron chi connectivity index (χ2n) is 7.99. The average molecular weight is 483 g/mol. The highest BCUT2D eigenvalue weighted by atomic mass is 35.5. The fourth-order valence-electron chi connectivity index (χ4n) is 3.92. The summed E-state index contributed by atoms with van der Waals surface area (Å²) >= 11 is 6.22. The number of benzene rings is 4. The summed E-state index contributed by atoms with van der Waals surface area (Å²) in [5.41, 5.74) is 2.05. The first-order valence-corrected chi connectivity index (χ1v) is 11.2. The smallest absolute Gasteiger partial charge is 0.343 e. The normalized spacial score (nSPS) is 13.5. The standard InChI is InChI=1S/C28H19ClN2O4/c1-17-7-2-5-11-22(17)31-26(32)24(29)25(27(31)33)30-20-15-13-19(14-16-20)28(34)35-23-12-6-9-18-8-3-4-10-21(18)23/h2-16,30H,1H3. The van der Waals surface area contributed by atoms with Crippen molar-refractivity contribution < 1.29 is 19.1 Å². The summed E-state index contributed by atoms with van der Waals surface area (Å²) in [5.74, 6) is -1.18. The SMILES string of the molecule is Cc1ccccc1N1C(=O)C(Cl)=C(Nc2ccc(C(=O)Oc3cccc4ccccc34)cc2)C1=O. The number of hydrogen-bond donors (Lipinski definition) is 1. The lowest BCUT2D eigenvalue weighted by molar-refractivity contribution is -0.120. The maximum atomic E-state index is 13.0. The van der Waals surface area contributed by atoms with Gasteiger partial charge in [0, 0.05) is 11.1 Å². The van der Waals surface area contributed by atoms with E-state index in [9.17, 15) is 14.4 Å². The van der Waals surface area contributed by atoms with Crippen LogP contribution in [0.4, 0.5) is 11.4 Å². The van der Waals surface area contributed by atoms with Crippen molar-refractivity contribution in [2.45, 2.75) is 6.92 Å². The second-order valence-corrected chi connectivity index (χ2v) is 8.37. The molecule has 0 fully saturated rings. The molecule has 1 N–H and O–H groups in total. The predicted molar refractivity (Wildman–Crippen MR) is 136 cm³/mol. The van der Waals surface area contributed by atoms with E-state index < -0.39 is 17.8 Å². The maximum absolute atomic E-state index is 13.0. The summed E-state index contributed by atoms with van der Waals surface area (Å²) in [6.07, 6.45) is 0. The molecule has 6 nitrogen and oxygen atoms in total. The number of nitrogens with zero attached hydrogens (tertiary/aromatic N) is 1. The van der Waals surface area contributed by atoms with Crippen molar-refractivity contribution in [1.82, 2.24) is 0 Å². The van der Waals surface area contributed by atoms with Crippen LogP contribution in [0.3, 0.4) is 0 Å². The van der Waals surface area contributed by atoms with Crippen molar-refractivity contribution in [3.8, 4) is 5.75 Å². The molecule has 0 radical (unpaired) electrons. The number of para-hydroxylation sites is 1. The van der Waals surface area contributed by atoms with Crippen LogP contribution in [0.25, 0.3) is 10.8 Å². The van der Waals surface area contributed by atoms with Crippen molar-refractivity contribution in [2.75, 3.05) is 10.2 Å². The number of nitrogens with one attached hydrogen (secondary N) is 1. The van der Waals surface area contributed by atoms with Crippen molar-refractivity contribution in [3.05, 3.63) is 113 Å². The number of carbonyl (C=O) groups excluding carboxylic acids is 3. The monoisotopic (exact) mass is 482 g/mol. The molecule has 1 heterocycles. The Morgan fingerprint density at radius 2 is 1.51 bits per heavy atom. The number of halogens is 1. The van der Waals surface area contributed by atoms with E-state index in [1.54, 1.807) is 42.5 Å². The third-order valence-corrected chi connectivity index (χ3v) is 6.08. The van der Waals surface area contributed by atoms with E-state index in [0.29, 0.717) is 22.7 Å². The van der Waals surface area contributed by atoms with Crippen molar-refractivity contribution in [2.24, 2.45) is 0 Å². The molecule has 0 saturated heterocycles. The highest BCUT2D eigenvalue weighted by Gasteiger charge is 2.39. The number of rotatable bonds is 5. The number of esters is 1. The minimum Gasteiger partial charge on any atom is -0.422 e. The van der Waals surface area contributed by atoms with Crippen LogP contribution in [0, 0.1) is 6.92 Å². The number of anilines is 2. The number of imide groups is 1. The Kier molecular flexibility index (Phi) is 5.81. The molecule has 35 heavy (non-hydrogen) atoms. The van der Waals surface area contributed by atoms with Gasteiger partial charge in [-0.15, -0.1) is 0 Å². The first-order chi connectivity index (χ1) is 16.9. The molecule has 2 amide bonds. The largest absolute Gasteiger partial charge is 0.422 e. The minimum absolute atomic E-state index is 0.0222. The fourth-order valence-corrected chi connectivity index (χ4v) is 4.13. The van der Waals surface area contributed by atoms with E-state index in [4.69, 9.17) is 16.3 Å². The molecule has 4 aromatic carbocycles. The van der Waals surface area contributed by atoms with E-state index in [-0.39, 0.29) is 10.7 Å². The molecular formula is C28H19ClN2O4. The highest BCUT2D eigenvalue weighted by Crippen LogP contribution is 2.32. The molecule has 0 aliphatic carbocycles. The zero-order valence-electron chi connectivity index (χ0n) is 18.6. The average Bonchev–Trinajstić information content (AvgIpc) is 3.08. The van der Waals surface area contributed by atoms with E-state index in [1.807, 2.05) is 55.5 Å². The summed E-state index contributed by atoms with van der Waals surface area (Å²) in [6.45, 7) is 1.81. The van der Waals surface area contributed by atoms with Crippen LogP contribution < -0.4 is 15.0 Å². The molecule has 1 aliphatic rings. The Morgan fingerprint density at radius 1 is 0.829 bits per heavy atom. The van der Waals surface area contributed by atoms with Crippen molar-refractivity contribution >= 4 is 51.5 Å². The third kappa shape index (κ3) is 4.16. The maximum Gasteiger partial charge on any atom is 0.343 e. The number of aryl methyl sites for hydroxylation is 1.